The molecule has 4 rings (SSSR count). The van der Waals surface area contributed by atoms with Gasteiger partial charge in [-0.15, -0.1) is 12.4 Å². The maximum atomic E-state index is 13.3. The Hall–Kier alpha value is -4.37. The lowest BCUT2D eigenvalue weighted by Crippen LogP contribution is -2.16. The van der Waals surface area contributed by atoms with Crippen LogP contribution in [0.25, 0.3) is 0 Å². The Bertz CT molecular complexity index is 1350. The minimum absolute atomic E-state index is 0. The molecule has 0 atom stereocenters. The second-order valence-electron chi connectivity index (χ2n) is 7.98. The van der Waals surface area contributed by atoms with E-state index in [2.05, 4.69) is 25.9 Å². The first kappa shape index (κ1) is 28.2. The van der Waals surface area contributed by atoms with Gasteiger partial charge in [-0.1, -0.05) is 0 Å². The van der Waals surface area contributed by atoms with E-state index in [4.69, 9.17) is 9.47 Å². The maximum Gasteiger partial charge on any atom is 0.255 e. The van der Waals surface area contributed by atoms with Gasteiger partial charge in [0, 0.05) is 16.9 Å². The van der Waals surface area contributed by atoms with Crippen molar-refractivity contribution < 1.29 is 18.7 Å². The van der Waals surface area contributed by atoms with Crippen LogP contribution in [0.4, 0.5) is 33.2 Å². The highest BCUT2D eigenvalue weighted by Crippen LogP contribution is 2.30. The SMILES string of the molecule is CCOc1ccc(Nc2nc(C)c(NC(=O)c3ccc(F)cc3)c(Nc3ccc(OCC)cc3)n2)cc1.Cl. The summed E-state index contributed by atoms with van der Waals surface area (Å²) >= 11 is 0. The zero-order chi connectivity index (χ0) is 26.2. The average molecular weight is 538 g/mol. The second-order valence-corrected chi connectivity index (χ2v) is 7.98. The van der Waals surface area contributed by atoms with E-state index in [1.165, 1.54) is 24.3 Å². The molecule has 0 fully saturated rings. The van der Waals surface area contributed by atoms with E-state index in [0.29, 0.717) is 41.9 Å². The van der Waals surface area contributed by atoms with Crippen molar-refractivity contribution in [1.82, 2.24) is 9.97 Å². The van der Waals surface area contributed by atoms with Crippen molar-refractivity contribution in [3.63, 3.8) is 0 Å². The number of hydrogen-bond donors (Lipinski definition) is 3. The van der Waals surface area contributed by atoms with Crippen molar-refractivity contribution in [3.8, 4) is 11.5 Å². The van der Waals surface area contributed by atoms with Gasteiger partial charge in [0.2, 0.25) is 5.95 Å². The van der Waals surface area contributed by atoms with Crippen LogP contribution in [0.3, 0.4) is 0 Å². The lowest BCUT2D eigenvalue weighted by Gasteiger charge is -2.17. The third-order valence-electron chi connectivity index (χ3n) is 5.28. The van der Waals surface area contributed by atoms with Crippen LogP contribution in [-0.2, 0) is 0 Å². The molecule has 0 aliphatic carbocycles. The number of aromatic nitrogens is 2. The van der Waals surface area contributed by atoms with Crippen LogP contribution in [-0.4, -0.2) is 29.1 Å². The highest BCUT2D eigenvalue weighted by Gasteiger charge is 2.17. The van der Waals surface area contributed by atoms with Gasteiger partial charge in [-0.25, -0.2) is 9.37 Å². The van der Waals surface area contributed by atoms with E-state index in [9.17, 15) is 9.18 Å². The highest BCUT2D eigenvalue weighted by molar-refractivity contribution is 6.06. The molecule has 0 radical (unpaired) electrons. The molecule has 198 valence electrons. The Balaban J connectivity index is 0.00000400. The Labute approximate surface area is 227 Å². The van der Waals surface area contributed by atoms with Crippen LogP contribution in [0.5, 0.6) is 11.5 Å². The van der Waals surface area contributed by atoms with E-state index in [1.54, 1.807) is 6.92 Å². The lowest BCUT2D eigenvalue weighted by atomic mass is 10.2. The predicted octanol–water partition coefficient (Wildman–Crippen LogP) is 6.88. The summed E-state index contributed by atoms with van der Waals surface area (Å²) in [7, 11) is 0. The summed E-state index contributed by atoms with van der Waals surface area (Å²) in [5.41, 5.74) is 2.76. The number of rotatable bonds is 10. The van der Waals surface area contributed by atoms with Gasteiger partial charge in [0.05, 0.1) is 18.9 Å². The summed E-state index contributed by atoms with van der Waals surface area (Å²) in [6.45, 7) is 6.77. The molecule has 38 heavy (non-hydrogen) atoms. The van der Waals surface area contributed by atoms with Gasteiger partial charge in [0.15, 0.2) is 5.82 Å². The zero-order valence-electron chi connectivity index (χ0n) is 21.2. The van der Waals surface area contributed by atoms with Gasteiger partial charge in [-0.05, 0) is 93.6 Å². The molecular weight excluding hydrogens is 509 g/mol. The van der Waals surface area contributed by atoms with Crippen molar-refractivity contribution in [2.45, 2.75) is 20.8 Å². The monoisotopic (exact) mass is 537 g/mol. The molecule has 10 heteroatoms. The van der Waals surface area contributed by atoms with Gasteiger partial charge >= 0.3 is 0 Å². The number of halogens is 2. The van der Waals surface area contributed by atoms with Gasteiger partial charge in [-0.2, -0.15) is 4.98 Å². The second kappa shape index (κ2) is 13.3. The standard InChI is InChI=1S/C28H28FN5O3.ClH/c1-4-36-23-14-10-21(11-15-23)31-26-25(33-27(35)19-6-8-20(29)9-7-19)18(3)30-28(34-26)32-22-12-16-24(17-13-22)37-5-2;/h6-17H,4-5H2,1-3H3,(H,33,35)(H2,30,31,32,34);1H. The minimum atomic E-state index is -0.418. The van der Waals surface area contributed by atoms with Gasteiger partial charge in [0.1, 0.15) is 23.0 Å². The van der Waals surface area contributed by atoms with Crippen molar-refractivity contribution in [1.29, 1.82) is 0 Å². The summed E-state index contributed by atoms with van der Waals surface area (Å²) in [5.74, 6) is 1.42. The number of amides is 1. The summed E-state index contributed by atoms with van der Waals surface area (Å²) in [6, 6.07) is 20.2. The molecule has 1 aromatic heterocycles. The molecule has 1 heterocycles. The molecule has 0 unspecified atom stereocenters. The average Bonchev–Trinajstić information content (AvgIpc) is 2.89. The molecule has 1 amide bonds. The van der Waals surface area contributed by atoms with Crippen molar-refractivity contribution >= 4 is 47.1 Å². The maximum absolute atomic E-state index is 13.3. The van der Waals surface area contributed by atoms with Crippen LogP contribution in [0.2, 0.25) is 0 Å². The van der Waals surface area contributed by atoms with E-state index < -0.39 is 11.7 Å². The Morgan fingerprint density at radius 3 is 1.84 bits per heavy atom. The highest BCUT2D eigenvalue weighted by atomic mass is 35.5. The number of hydrogen-bond acceptors (Lipinski definition) is 7. The number of nitrogens with zero attached hydrogens (tertiary/aromatic N) is 2. The smallest absolute Gasteiger partial charge is 0.255 e. The van der Waals surface area contributed by atoms with Crippen molar-refractivity contribution in [3.05, 3.63) is 89.9 Å². The van der Waals surface area contributed by atoms with Crippen molar-refractivity contribution in [2.24, 2.45) is 0 Å². The Kier molecular flexibility index (Phi) is 9.84. The first-order valence-corrected chi connectivity index (χ1v) is 11.9. The first-order valence-electron chi connectivity index (χ1n) is 11.9. The summed E-state index contributed by atoms with van der Waals surface area (Å²) in [6.07, 6.45) is 0. The Morgan fingerprint density at radius 2 is 1.32 bits per heavy atom. The molecule has 0 bridgehead atoms. The number of aryl methyl sites for hydroxylation is 1. The molecular formula is C28H29ClFN5O3. The van der Waals surface area contributed by atoms with E-state index in [0.717, 1.165) is 22.9 Å². The largest absolute Gasteiger partial charge is 0.494 e. The van der Waals surface area contributed by atoms with Crippen LogP contribution in [0, 0.1) is 12.7 Å². The van der Waals surface area contributed by atoms with Crippen LogP contribution in [0.15, 0.2) is 72.8 Å². The van der Waals surface area contributed by atoms with E-state index in [1.807, 2.05) is 62.4 Å². The minimum Gasteiger partial charge on any atom is -0.494 e. The zero-order valence-corrected chi connectivity index (χ0v) is 22.1. The molecule has 4 aromatic rings. The van der Waals surface area contributed by atoms with Crippen LogP contribution >= 0.6 is 12.4 Å². The summed E-state index contributed by atoms with van der Waals surface area (Å²) in [5, 5.41) is 9.31. The molecule has 0 aliphatic heterocycles. The van der Waals surface area contributed by atoms with Gasteiger partial charge < -0.3 is 25.4 Å². The van der Waals surface area contributed by atoms with Gasteiger partial charge in [0.25, 0.3) is 5.91 Å². The number of carbonyl (C=O) groups is 1. The topological polar surface area (TPSA) is 97.4 Å². The normalized spacial score (nSPS) is 10.2. The van der Waals surface area contributed by atoms with E-state index in [-0.39, 0.29) is 12.4 Å². The fourth-order valence-electron chi connectivity index (χ4n) is 3.52. The number of ether oxygens (including phenoxy) is 2. The number of carbonyl (C=O) groups excluding carboxylic acids is 1. The third kappa shape index (κ3) is 7.33. The van der Waals surface area contributed by atoms with Crippen LogP contribution < -0.4 is 25.4 Å². The van der Waals surface area contributed by atoms with Crippen LogP contribution in [0.1, 0.15) is 29.9 Å². The molecule has 0 saturated carbocycles. The fourth-order valence-corrected chi connectivity index (χ4v) is 3.52. The quantitative estimate of drug-likeness (QED) is 0.203. The fraction of sp³-hybridized carbons (Fsp3) is 0.179. The molecule has 8 nitrogen and oxygen atoms in total. The number of benzene rings is 3. The van der Waals surface area contributed by atoms with E-state index >= 15 is 0 Å². The molecule has 0 saturated heterocycles. The predicted molar refractivity (Wildman–Crippen MR) is 150 cm³/mol. The Morgan fingerprint density at radius 1 is 0.789 bits per heavy atom. The number of nitrogens with one attached hydrogen (secondary N) is 3. The third-order valence-corrected chi connectivity index (χ3v) is 5.28. The van der Waals surface area contributed by atoms with Crippen molar-refractivity contribution in [2.75, 3.05) is 29.2 Å². The summed E-state index contributed by atoms with van der Waals surface area (Å²) in [4.78, 5) is 22.1. The molecule has 0 spiro atoms. The molecule has 0 aliphatic rings. The lowest BCUT2D eigenvalue weighted by molar-refractivity contribution is 0.102. The summed E-state index contributed by atoms with van der Waals surface area (Å²) < 4.78 is 24.3. The number of anilines is 5. The first-order chi connectivity index (χ1) is 17.9. The van der Waals surface area contributed by atoms with Gasteiger partial charge in [-0.3, -0.25) is 4.79 Å². The molecule has 3 N–H and O–H groups in total. The molecule has 3 aromatic carbocycles.